The predicted octanol–water partition coefficient (Wildman–Crippen LogP) is 4.09. The van der Waals surface area contributed by atoms with E-state index in [1.807, 2.05) is 18.2 Å². The van der Waals surface area contributed by atoms with Crippen LogP contribution in [0.4, 0.5) is 5.82 Å². The summed E-state index contributed by atoms with van der Waals surface area (Å²) in [7, 11) is 0. The van der Waals surface area contributed by atoms with E-state index >= 15 is 0 Å². The van der Waals surface area contributed by atoms with Gasteiger partial charge in [0, 0.05) is 29.9 Å². The van der Waals surface area contributed by atoms with Crippen LogP contribution >= 0.6 is 11.6 Å². The topological polar surface area (TPSA) is 53.4 Å². The Labute approximate surface area is 134 Å². The number of pyridine rings is 1. The van der Waals surface area contributed by atoms with E-state index in [2.05, 4.69) is 9.88 Å². The van der Waals surface area contributed by atoms with Crippen LogP contribution in [-0.4, -0.2) is 29.1 Å². The Morgan fingerprint density at radius 1 is 1.18 bits per heavy atom. The van der Waals surface area contributed by atoms with E-state index in [-0.39, 0.29) is 5.56 Å². The molecule has 0 amide bonds. The van der Waals surface area contributed by atoms with Crippen molar-refractivity contribution in [2.75, 3.05) is 18.0 Å². The van der Waals surface area contributed by atoms with Crippen molar-refractivity contribution in [2.45, 2.75) is 19.3 Å². The number of carboxylic acids is 1. The fraction of sp³-hybridized carbons (Fsp3) is 0.294. The molecule has 1 saturated heterocycles. The average Bonchev–Trinajstić information content (AvgIpc) is 2.55. The van der Waals surface area contributed by atoms with Crippen molar-refractivity contribution in [3.8, 4) is 11.1 Å². The van der Waals surface area contributed by atoms with E-state index in [0.717, 1.165) is 42.9 Å². The number of anilines is 1. The SMILES string of the molecule is O=C(O)c1cnc(N2CCCCC2)c(-c2cccc(Cl)c2)c1. The van der Waals surface area contributed by atoms with Gasteiger partial charge in [-0.3, -0.25) is 0 Å². The van der Waals surface area contributed by atoms with Gasteiger partial charge in [-0.25, -0.2) is 9.78 Å². The third-order valence-corrected chi connectivity index (χ3v) is 4.14. The number of aromatic nitrogens is 1. The lowest BCUT2D eigenvalue weighted by atomic mass is 10.0. The molecule has 0 radical (unpaired) electrons. The third-order valence-electron chi connectivity index (χ3n) is 3.90. The Kier molecular flexibility index (Phi) is 4.29. The zero-order valence-corrected chi connectivity index (χ0v) is 12.9. The molecule has 3 rings (SSSR count). The molecule has 0 unspecified atom stereocenters. The molecule has 1 aromatic heterocycles. The number of piperidine rings is 1. The molecule has 2 aromatic rings. The highest BCUT2D eigenvalue weighted by Gasteiger charge is 2.19. The molecular weight excluding hydrogens is 300 g/mol. The zero-order chi connectivity index (χ0) is 15.5. The number of carbonyl (C=O) groups is 1. The predicted molar refractivity (Wildman–Crippen MR) is 87.7 cm³/mol. The summed E-state index contributed by atoms with van der Waals surface area (Å²) in [4.78, 5) is 17.9. The number of aromatic carboxylic acids is 1. The number of benzene rings is 1. The van der Waals surface area contributed by atoms with Crippen LogP contribution in [0.2, 0.25) is 5.02 Å². The highest BCUT2D eigenvalue weighted by Crippen LogP contribution is 2.32. The highest BCUT2D eigenvalue weighted by molar-refractivity contribution is 6.30. The quantitative estimate of drug-likeness (QED) is 0.926. The van der Waals surface area contributed by atoms with Crippen LogP contribution in [-0.2, 0) is 0 Å². The van der Waals surface area contributed by atoms with Gasteiger partial charge in [0.15, 0.2) is 0 Å². The van der Waals surface area contributed by atoms with E-state index in [1.54, 1.807) is 12.1 Å². The molecule has 0 bridgehead atoms. The summed E-state index contributed by atoms with van der Waals surface area (Å²) in [5.74, 6) is -0.132. The van der Waals surface area contributed by atoms with Gasteiger partial charge in [-0.2, -0.15) is 0 Å². The maximum Gasteiger partial charge on any atom is 0.337 e. The Morgan fingerprint density at radius 3 is 2.64 bits per heavy atom. The number of carboxylic acid groups (broad SMARTS) is 1. The van der Waals surface area contributed by atoms with E-state index in [9.17, 15) is 9.90 Å². The van der Waals surface area contributed by atoms with Crippen LogP contribution in [0.25, 0.3) is 11.1 Å². The van der Waals surface area contributed by atoms with Crippen molar-refractivity contribution in [3.05, 3.63) is 47.1 Å². The molecule has 22 heavy (non-hydrogen) atoms. The van der Waals surface area contributed by atoms with Crippen LogP contribution in [0.3, 0.4) is 0 Å². The zero-order valence-electron chi connectivity index (χ0n) is 12.1. The first-order valence-corrected chi connectivity index (χ1v) is 7.77. The Morgan fingerprint density at radius 2 is 1.95 bits per heavy atom. The lowest BCUT2D eigenvalue weighted by molar-refractivity contribution is 0.0696. The van der Waals surface area contributed by atoms with Crippen molar-refractivity contribution >= 4 is 23.4 Å². The fourth-order valence-corrected chi connectivity index (χ4v) is 2.99. The molecule has 0 aliphatic carbocycles. The lowest BCUT2D eigenvalue weighted by Crippen LogP contribution is -2.30. The van der Waals surface area contributed by atoms with Crippen LogP contribution in [0, 0.1) is 0 Å². The molecule has 0 spiro atoms. The number of rotatable bonds is 3. The van der Waals surface area contributed by atoms with E-state index in [4.69, 9.17) is 11.6 Å². The lowest BCUT2D eigenvalue weighted by Gasteiger charge is -2.29. The number of nitrogens with zero attached hydrogens (tertiary/aromatic N) is 2. The summed E-state index contributed by atoms with van der Waals surface area (Å²) in [5, 5.41) is 9.86. The molecule has 2 heterocycles. The third kappa shape index (κ3) is 3.07. The second-order valence-corrected chi connectivity index (χ2v) is 5.89. The van der Waals surface area contributed by atoms with Crippen molar-refractivity contribution in [1.82, 2.24) is 4.98 Å². The van der Waals surface area contributed by atoms with Crippen molar-refractivity contribution in [1.29, 1.82) is 0 Å². The first kappa shape index (κ1) is 14.9. The second kappa shape index (κ2) is 6.36. The maximum absolute atomic E-state index is 11.3. The first-order chi connectivity index (χ1) is 10.6. The van der Waals surface area contributed by atoms with Crippen LogP contribution in [0.5, 0.6) is 0 Å². The van der Waals surface area contributed by atoms with E-state index in [1.165, 1.54) is 12.6 Å². The minimum atomic E-state index is -0.971. The summed E-state index contributed by atoms with van der Waals surface area (Å²) < 4.78 is 0. The summed E-state index contributed by atoms with van der Waals surface area (Å²) in [6.07, 6.45) is 4.94. The molecule has 5 heteroatoms. The van der Waals surface area contributed by atoms with Gasteiger partial charge in [-0.05, 0) is 43.0 Å². The smallest absolute Gasteiger partial charge is 0.337 e. The van der Waals surface area contributed by atoms with Gasteiger partial charge in [-0.15, -0.1) is 0 Å². The maximum atomic E-state index is 11.3. The second-order valence-electron chi connectivity index (χ2n) is 5.46. The van der Waals surface area contributed by atoms with Gasteiger partial charge in [-0.1, -0.05) is 23.7 Å². The standard InChI is InChI=1S/C17H17ClN2O2/c18-14-6-4-5-12(9-14)15-10-13(17(21)22)11-19-16(15)20-7-2-1-3-8-20/h4-6,9-11H,1-3,7-8H2,(H,21,22). The highest BCUT2D eigenvalue weighted by atomic mass is 35.5. The van der Waals surface area contributed by atoms with Gasteiger partial charge in [0.2, 0.25) is 0 Å². The minimum Gasteiger partial charge on any atom is -0.478 e. The molecule has 114 valence electrons. The summed E-state index contributed by atoms with van der Waals surface area (Å²) in [6, 6.07) is 9.13. The monoisotopic (exact) mass is 316 g/mol. The molecular formula is C17H17ClN2O2. The largest absolute Gasteiger partial charge is 0.478 e. The van der Waals surface area contributed by atoms with Crippen LogP contribution in [0.1, 0.15) is 29.6 Å². The summed E-state index contributed by atoms with van der Waals surface area (Å²) in [6.45, 7) is 1.90. The summed E-state index contributed by atoms with van der Waals surface area (Å²) >= 11 is 6.08. The van der Waals surface area contributed by atoms with Gasteiger partial charge < -0.3 is 10.0 Å². The molecule has 1 aliphatic rings. The van der Waals surface area contributed by atoms with Gasteiger partial charge in [0.05, 0.1) is 5.56 Å². The Hall–Kier alpha value is -2.07. The van der Waals surface area contributed by atoms with Gasteiger partial charge in [0.25, 0.3) is 0 Å². The van der Waals surface area contributed by atoms with Gasteiger partial charge >= 0.3 is 5.97 Å². The van der Waals surface area contributed by atoms with Crippen LogP contribution < -0.4 is 4.90 Å². The van der Waals surface area contributed by atoms with Crippen molar-refractivity contribution in [2.24, 2.45) is 0 Å². The minimum absolute atomic E-state index is 0.190. The van der Waals surface area contributed by atoms with E-state index < -0.39 is 5.97 Å². The number of hydrogen-bond acceptors (Lipinski definition) is 3. The average molecular weight is 317 g/mol. The van der Waals surface area contributed by atoms with Crippen molar-refractivity contribution < 1.29 is 9.90 Å². The Bertz CT molecular complexity index is 697. The molecule has 1 fully saturated rings. The molecule has 0 atom stereocenters. The number of halogens is 1. The molecule has 0 saturated carbocycles. The van der Waals surface area contributed by atoms with E-state index in [0.29, 0.717) is 5.02 Å². The molecule has 1 N–H and O–H groups in total. The molecule has 1 aliphatic heterocycles. The molecule has 4 nitrogen and oxygen atoms in total. The van der Waals surface area contributed by atoms with Gasteiger partial charge in [0.1, 0.15) is 5.82 Å². The fourth-order valence-electron chi connectivity index (χ4n) is 2.80. The Balaban J connectivity index is 2.10. The van der Waals surface area contributed by atoms with Crippen molar-refractivity contribution in [3.63, 3.8) is 0 Å². The number of hydrogen-bond donors (Lipinski definition) is 1. The molecule has 1 aromatic carbocycles. The normalized spacial score (nSPS) is 14.9. The van der Waals surface area contributed by atoms with Crippen LogP contribution in [0.15, 0.2) is 36.5 Å². The summed E-state index contributed by atoms with van der Waals surface area (Å²) in [5.41, 5.74) is 1.91. The first-order valence-electron chi connectivity index (χ1n) is 7.39.